The van der Waals surface area contributed by atoms with E-state index in [4.69, 9.17) is 0 Å². The van der Waals surface area contributed by atoms with Gasteiger partial charge in [0.25, 0.3) is 5.91 Å². The molecule has 0 spiro atoms. The van der Waals surface area contributed by atoms with Crippen LogP contribution in [0.3, 0.4) is 0 Å². The minimum atomic E-state index is 0.0188. The van der Waals surface area contributed by atoms with Gasteiger partial charge >= 0.3 is 0 Å². The predicted molar refractivity (Wildman–Crippen MR) is 115 cm³/mol. The van der Waals surface area contributed by atoms with E-state index in [2.05, 4.69) is 45.6 Å². The number of carbonyl (C=O) groups excluding carboxylic acids is 1. The number of nitrogens with one attached hydrogen (secondary N) is 1. The summed E-state index contributed by atoms with van der Waals surface area (Å²) in [7, 11) is 0. The number of aryl methyl sites for hydroxylation is 1. The number of rotatable bonds is 5. The van der Waals surface area contributed by atoms with Crippen molar-refractivity contribution >= 4 is 17.5 Å². The maximum atomic E-state index is 12.8. The fourth-order valence-electron chi connectivity index (χ4n) is 3.83. The van der Waals surface area contributed by atoms with Gasteiger partial charge in [0.15, 0.2) is 0 Å². The number of benzene rings is 2. The molecule has 1 amide bonds. The molecule has 0 radical (unpaired) electrons. The highest BCUT2D eigenvalue weighted by atomic mass is 16.2. The number of hydrogen-bond acceptors (Lipinski definition) is 4. The Bertz CT molecular complexity index is 948. The zero-order valence-electron chi connectivity index (χ0n) is 16.7. The largest absolute Gasteiger partial charge is 0.339 e. The Morgan fingerprint density at radius 2 is 1.76 bits per heavy atom. The first-order chi connectivity index (χ1) is 14.2. The molecule has 1 saturated heterocycles. The van der Waals surface area contributed by atoms with Crippen molar-refractivity contribution in [2.24, 2.45) is 5.92 Å². The zero-order chi connectivity index (χ0) is 20.1. The van der Waals surface area contributed by atoms with E-state index in [0.29, 0.717) is 17.4 Å². The van der Waals surface area contributed by atoms with Crippen LogP contribution in [0.5, 0.6) is 0 Å². The molecular weight excluding hydrogens is 360 g/mol. The molecule has 1 aromatic heterocycles. The average Bonchev–Trinajstić information content (AvgIpc) is 2.75. The molecule has 5 nitrogen and oxygen atoms in total. The van der Waals surface area contributed by atoms with Gasteiger partial charge in [-0.25, -0.2) is 9.97 Å². The molecule has 2 aromatic carbocycles. The minimum Gasteiger partial charge on any atom is -0.339 e. The topological polar surface area (TPSA) is 58.1 Å². The van der Waals surface area contributed by atoms with Crippen molar-refractivity contribution in [3.63, 3.8) is 0 Å². The van der Waals surface area contributed by atoms with Gasteiger partial charge in [0, 0.05) is 31.2 Å². The molecule has 148 valence electrons. The number of aromatic nitrogens is 2. The molecule has 5 heteroatoms. The molecule has 2 heterocycles. The lowest BCUT2D eigenvalue weighted by Gasteiger charge is -2.32. The van der Waals surface area contributed by atoms with Gasteiger partial charge in [-0.2, -0.15) is 0 Å². The Hall–Kier alpha value is -3.21. The van der Waals surface area contributed by atoms with E-state index in [9.17, 15) is 4.79 Å². The monoisotopic (exact) mass is 386 g/mol. The summed E-state index contributed by atoms with van der Waals surface area (Å²) in [4.78, 5) is 23.4. The molecule has 4 rings (SSSR count). The van der Waals surface area contributed by atoms with Crippen molar-refractivity contribution in [3.8, 4) is 0 Å². The second kappa shape index (κ2) is 8.86. The highest BCUT2D eigenvalue weighted by Gasteiger charge is 2.24. The van der Waals surface area contributed by atoms with Crippen molar-refractivity contribution in [1.29, 1.82) is 0 Å². The number of carbonyl (C=O) groups is 1. The Kier molecular flexibility index (Phi) is 5.84. The predicted octanol–water partition coefficient (Wildman–Crippen LogP) is 4.62. The molecule has 0 bridgehead atoms. The fraction of sp³-hybridized carbons (Fsp3) is 0.292. The highest BCUT2D eigenvalue weighted by molar-refractivity contribution is 5.93. The summed E-state index contributed by atoms with van der Waals surface area (Å²) in [5.41, 5.74) is 4.02. The third-order valence-electron chi connectivity index (χ3n) is 5.44. The van der Waals surface area contributed by atoms with E-state index in [1.54, 1.807) is 12.4 Å². The van der Waals surface area contributed by atoms with Gasteiger partial charge in [0.1, 0.15) is 0 Å². The fourth-order valence-corrected chi connectivity index (χ4v) is 3.83. The molecule has 0 aliphatic carbocycles. The number of nitrogens with zero attached hydrogens (tertiary/aromatic N) is 3. The first-order valence-corrected chi connectivity index (χ1v) is 10.2. The lowest BCUT2D eigenvalue weighted by molar-refractivity contribution is 0.0689. The van der Waals surface area contributed by atoms with Gasteiger partial charge in [-0.1, -0.05) is 42.5 Å². The average molecular weight is 386 g/mol. The van der Waals surface area contributed by atoms with Crippen LogP contribution in [0.4, 0.5) is 11.6 Å². The number of anilines is 2. The molecule has 1 N–H and O–H groups in total. The van der Waals surface area contributed by atoms with Crippen molar-refractivity contribution in [2.75, 3.05) is 18.4 Å². The van der Waals surface area contributed by atoms with E-state index in [-0.39, 0.29) is 5.91 Å². The van der Waals surface area contributed by atoms with Gasteiger partial charge in [0.05, 0.1) is 5.56 Å². The number of amides is 1. The SMILES string of the molecule is Cc1cccc(Nc2ncc(C(=O)N3CCC(Cc4ccccc4)CC3)cn2)c1. The number of hydrogen-bond donors (Lipinski definition) is 1. The van der Waals surface area contributed by atoms with Crippen LogP contribution in [0.25, 0.3) is 0 Å². The Morgan fingerprint density at radius 1 is 1.03 bits per heavy atom. The van der Waals surface area contributed by atoms with Crippen LogP contribution >= 0.6 is 0 Å². The van der Waals surface area contributed by atoms with E-state index < -0.39 is 0 Å². The van der Waals surface area contributed by atoms with E-state index in [1.165, 1.54) is 5.56 Å². The van der Waals surface area contributed by atoms with Crippen LogP contribution in [0.2, 0.25) is 0 Å². The Balaban J connectivity index is 1.32. The highest BCUT2D eigenvalue weighted by Crippen LogP contribution is 2.23. The van der Waals surface area contributed by atoms with Gasteiger partial charge in [-0.15, -0.1) is 0 Å². The third-order valence-corrected chi connectivity index (χ3v) is 5.44. The van der Waals surface area contributed by atoms with Crippen LogP contribution in [-0.2, 0) is 6.42 Å². The second-order valence-corrected chi connectivity index (χ2v) is 7.72. The molecule has 1 aliphatic heterocycles. The zero-order valence-corrected chi connectivity index (χ0v) is 16.7. The van der Waals surface area contributed by atoms with E-state index in [1.807, 2.05) is 36.1 Å². The van der Waals surface area contributed by atoms with Gasteiger partial charge in [0.2, 0.25) is 5.95 Å². The summed E-state index contributed by atoms with van der Waals surface area (Å²) >= 11 is 0. The van der Waals surface area contributed by atoms with Crippen molar-refractivity contribution in [2.45, 2.75) is 26.2 Å². The minimum absolute atomic E-state index is 0.0188. The summed E-state index contributed by atoms with van der Waals surface area (Å²) in [5.74, 6) is 1.15. The smallest absolute Gasteiger partial charge is 0.256 e. The summed E-state index contributed by atoms with van der Waals surface area (Å²) in [5, 5.41) is 3.17. The summed E-state index contributed by atoms with van der Waals surface area (Å²) < 4.78 is 0. The number of likely N-dealkylation sites (tertiary alicyclic amines) is 1. The molecule has 3 aromatic rings. The van der Waals surface area contributed by atoms with Gasteiger partial charge in [-0.05, 0) is 55.4 Å². The van der Waals surface area contributed by atoms with Crippen LogP contribution < -0.4 is 5.32 Å². The van der Waals surface area contributed by atoms with Crippen molar-refractivity contribution in [3.05, 3.63) is 83.7 Å². The van der Waals surface area contributed by atoms with E-state index >= 15 is 0 Å². The van der Waals surface area contributed by atoms with E-state index in [0.717, 1.165) is 43.6 Å². The third kappa shape index (κ3) is 4.99. The summed E-state index contributed by atoms with van der Waals surface area (Å²) in [6, 6.07) is 18.6. The molecule has 1 fully saturated rings. The van der Waals surface area contributed by atoms with Crippen LogP contribution in [0, 0.1) is 12.8 Å². The lowest BCUT2D eigenvalue weighted by Crippen LogP contribution is -2.39. The molecule has 0 atom stereocenters. The molecule has 0 saturated carbocycles. The summed E-state index contributed by atoms with van der Waals surface area (Å²) in [6.07, 6.45) is 6.39. The quantitative estimate of drug-likeness (QED) is 0.695. The molecule has 1 aliphatic rings. The van der Waals surface area contributed by atoms with Gasteiger partial charge in [-0.3, -0.25) is 4.79 Å². The maximum absolute atomic E-state index is 12.8. The summed E-state index contributed by atoms with van der Waals surface area (Å²) in [6.45, 7) is 3.62. The molecular formula is C24H26N4O. The van der Waals surface area contributed by atoms with Crippen LogP contribution in [0.1, 0.15) is 34.3 Å². The normalized spacial score (nSPS) is 14.6. The first kappa shape index (κ1) is 19.1. The molecule has 29 heavy (non-hydrogen) atoms. The Labute approximate surface area is 171 Å². The lowest BCUT2D eigenvalue weighted by atomic mass is 9.90. The second-order valence-electron chi connectivity index (χ2n) is 7.72. The van der Waals surface area contributed by atoms with Crippen molar-refractivity contribution < 1.29 is 4.79 Å². The maximum Gasteiger partial charge on any atom is 0.256 e. The van der Waals surface area contributed by atoms with Crippen LogP contribution in [0.15, 0.2) is 67.0 Å². The van der Waals surface area contributed by atoms with Crippen LogP contribution in [-0.4, -0.2) is 33.9 Å². The van der Waals surface area contributed by atoms with Gasteiger partial charge < -0.3 is 10.2 Å². The first-order valence-electron chi connectivity index (χ1n) is 10.2. The Morgan fingerprint density at radius 3 is 2.45 bits per heavy atom. The standard InChI is InChI=1S/C24H26N4O/c1-18-6-5-9-22(14-18)27-24-25-16-21(17-26-24)23(29)28-12-10-20(11-13-28)15-19-7-3-2-4-8-19/h2-9,14,16-17,20H,10-13,15H2,1H3,(H,25,26,27). The molecule has 0 unspecified atom stereocenters. The van der Waals surface area contributed by atoms with Crippen molar-refractivity contribution in [1.82, 2.24) is 14.9 Å². The number of piperidine rings is 1.